The summed E-state index contributed by atoms with van der Waals surface area (Å²) in [5.74, 6) is 0. The van der Waals surface area contributed by atoms with E-state index in [4.69, 9.17) is 0 Å². The number of hydrogen-bond donors (Lipinski definition) is 1. The lowest BCUT2D eigenvalue weighted by molar-refractivity contribution is 0.590. The topological polar surface area (TPSA) is 12.0 Å². The SMILES string of the molecule is Cc1cc(I)ccc1NCc1ccc(C(C)(C)C)cc1. The molecule has 0 aliphatic heterocycles. The number of halogens is 1. The molecule has 0 saturated carbocycles. The first-order chi connectivity index (χ1) is 9.36. The highest BCUT2D eigenvalue weighted by molar-refractivity contribution is 14.1. The van der Waals surface area contributed by atoms with Gasteiger partial charge in [0.25, 0.3) is 0 Å². The minimum atomic E-state index is 0.221. The van der Waals surface area contributed by atoms with Gasteiger partial charge in [-0.25, -0.2) is 0 Å². The third-order valence-corrected chi connectivity index (χ3v) is 4.16. The van der Waals surface area contributed by atoms with Gasteiger partial charge in [0, 0.05) is 15.8 Å². The minimum Gasteiger partial charge on any atom is -0.381 e. The summed E-state index contributed by atoms with van der Waals surface area (Å²) >= 11 is 2.35. The third-order valence-electron chi connectivity index (χ3n) is 3.49. The standard InChI is InChI=1S/C18H22IN/c1-13-11-16(19)9-10-17(13)20-12-14-5-7-15(8-6-14)18(2,3)4/h5-11,20H,12H2,1-4H3. The maximum absolute atomic E-state index is 3.51. The molecule has 2 rings (SSSR count). The van der Waals surface area contributed by atoms with Gasteiger partial charge in [-0.3, -0.25) is 0 Å². The largest absolute Gasteiger partial charge is 0.381 e. The van der Waals surface area contributed by atoms with Gasteiger partial charge in [-0.05, 0) is 69.8 Å². The maximum Gasteiger partial charge on any atom is 0.0400 e. The molecule has 0 heterocycles. The summed E-state index contributed by atoms with van der Waals surface area (Å²) in [7, 11) is 0. The number of rotatable bonds is 3. The Bertz CT molecular complexity index is 579. The van der Waals surface area contributed by atoms with Crippen LogP contribution in [0.2, 0.25) is 0 Å². The monoisotopic (exact) mass is 379 g/mol. The minimum absolute atomic E-state index is 0.221. The Kier molecular flexibility index (Phi) is 4.74. The van der Waals surface area contributed by atoms with Gasteiger partial charge in [0.15, 0.2) is 0 Å². The zero-order valence-corrected chi connectivity index (χ0v) is 14.8. The number of anilines is 1. The second-order valence-corrected chi connectivity index (χ2v) is 7.51. The molecule has 0 radical (unpaired) electrons. The van der Waals surface area contributed by atoms with Crippen LogP contribution in [0.1, 0.15) is 37.5 Å². The number of benzene rings is 2. The predicted molar refractivity (Wildman–Crippen MR) is 96.4 cm³/mol. The molecule has 0 aliphatic rings. The van der Waals surface area contributed by atoms with E-state index in [1.54, 1.807) is 0 Å². The molecule has 106 valence electrons. The summed E-state index contributed by atoms with van der Waals surface area (Å²) in [6.45, 7) is 9.75. The molecule has 2 aromatic carbocycles. The number of aryl methyl sites for hydroxylation is 1. The molecule has 2 aromatic rings. The van der Waals surface area contributed by atoms with Crippen molar-refractivity contribution < 1.29 is 0 Å². The fraction of sp³-hybridized carbons (Fsp3) is 0.333. The molecular weight excluding hydrogens is 357 g/mol. The summed E-state index contributed by atoms with van der Waals surface area (Å²) in [5, 5.41) is 3.51. The van der Waals surface area contributed by atoms with E-state index in [0.717, 1.165) is 6.54 Å². The number of nitrogens with one attached hydrogen (secondary N) is 1. The second-order valence-electron chi connectivity index (χ2n) is 6.26. The summed E-state index contributed by atoms with van der Waals surface area (Å²) in [4.78, 5) is 0. The first-order valence-corrected chi connectivity index (χ1v) is 8.03. The van der Waals surface area contributed by atoms with E-state index in [1.807, 2.05) is 0 Å². The lowest BCUT2D eigenvalue weighted by atomic mass is 9.87. The van der Waals surface area contributed by atoms with Crippen molar-refractivity contribution in [1.82, 2.24) is 0 Å². The smallest absolute Gasteiger partial charge is 0.0400 e. The van der Waals surface area contributed by atoms with Gasteiger partial charge >= 0.3 is 0 Å². The molecule has 1 N–H and O–H groups in total. The van der Waals surface area contributed by atoms with Crippen LogP contribution in [0.15, 0.2) is 42.5 Å². The Labute approximate surface area is 135 Å². The summed E-state index contributed by atoms with van der Waals surface area (Å²) in [5.41, 5.74) is 5.43. The van der Waals surface area contributed by atoms with Crippen LogP contribution in [0, 0.1) is 10.5 Å². The molecule has 0 atom stereocenters. The first-order valence-electron chi connectivity index (χ1n) is 6.96. The van der Waals surface area contributed by atoms with Crippen LogP contribution >= 0.6 is 22.6 Å². The van der Waals surface area contributed by atoms with Crippen LogP contribution in [0.5, 0.6) is 0 Å². The van der Waals surface area contributed by atoms with Gasteiger partial charge in [0.05, 0.1) is 0 Å². The van der Waals surface area contributed by atoms with Crippen LogP contribution in [0.3, 0.4) is 0 Å². The second kappa shape index (κ2) is 6.17. The van der Waals surface area contributed by atoms with E-state index in [-0.39, 0.29) is 5.41 Å². The lowest BCUT2D eigenvalue weighted by Gasteiger charge is -2.19. The highest BCUT2D eigenvalue weighted by Gasteiger charge is 2.12. The van der Waals surface area contributed by atoms with E-state index >= 15 is 0 Å². The quantitative estimate of drug-likeness (QED) is 0.694. The Morgan fingerprint density at radius 1 is 1.00 bits per heavy atom. The first kappa shape index (κ1) is 15.4. The van der Waals surface area contributed by atoms with Crippen LogP contribution in [0.25, 0.3) is 0 Å². The lowest BCUT2D eigenvalue weighted by Crippen LogP contribution is -2.11. The molecule has 2 heteroatoms. The fourth-order valence-electron chi connectivity index (χ4n) is 2.15. The van der Waals surface area contributed by atoms with E-state index in [2.05, 4.69) is 98.1 Å². The summed E-state index contributed by atoms with van der Waals surface area (Å²) < 4.78 is 1.28. The van der Waals surface area contributed by atoms with Crippen molar-refractivity contribution in [2.75, 3.05) is 5.32 Å². The Morgan fingerprint density at radius 2 is 1.65 bits per heavy atom. The zero-order valence-electron chi connectivity index (χ0n) is 12.6. The Morgan fingerprint density at radius 3 is 2.20 bits per heavy atom. The maximum atomic E-state index is 3.51. The summed E-state index contributed by atoms with van der Waals surface area (Å²) in [6, 6.07) is 15.4. The summed E-state index contributed by atoms with van der Waals surface area (Å²) in [6.07, 6.45) is 0. The fourth-order valence-corrected chi connectivity index (χ4v) is 2.79. The molecule has 0 unspecified atom stereocenters. The Hall–Kier alpha value is -1.03. The highest BCUT2D eigenvalue weighted by Crippen LogP contribution is 2.23. The molecule has 1 nitrogen and oxygen atoms in total. The third kappa shape index (κ3) is 3.98. The van der Waals surface area contributed by atoms with Gasteiger partial charge in [-0.15, -0.1) is 0 Å². The van der Waals surface area contributed by atoms with Crippen molar-refractivity contribution in [2.24, 2.45) is 0 Å². The van der Waals surface area contributed by atoms with E-state index in [0.29, 0.717) is 0 Å². The van der Waals surface area contributed by atoms with Gasteiger partial charge < -0.3 is 5.32 Å². The molecule has 0 aliphatic carbocycles. The van der Waals surface area contributed by atoms with Gasteiger partial charge in [-0.1, -0.05) is 45.0 Å². The molecule has 0 saturated heterocycles. The molecule has 0 aromatic heterocycles. The van der Waals surface area contributed by atoms with E-state index in [9.17, 15) is 0 Å². The molecular formula is C18H22IN. The average molecular weight is 379 g/mol. The van der Waals surface area contributed by atoms with Crippen molar-refractivity contribution in [2.45, 2.75) is 39.7 Å². The van der Waals surface area contributed by atoms with Crippen LogP contribution < -0.4 is 5.32 Å². The Balaban J connectivity index is 2.04. The van der Waals surface area contributed by atoms with Crippen molar-refractivity contribution in [3.63, 3.8) is 0 Å². The van der Waals surface area contributed by atoms with Crippen LogP contribution in [0.4, 0.5) is 5.69 Å². The van der Waals surface area contributed by atoms with Gasteiger partial charge in [0.2, 0.25) is 0 Å². The highest BCUT2D eigenvalue weighted by atomic mass is 127. The van der Waals surface area contributed by atoms with Crippen molar-refractivity contribution >= 4 is 28.3 Å². The molecule has 0 spiro atoms. The number of hydrogen-bond acceptors (Lipinski definition) is 1. The van der Waals surface area contributed by atoms with Crippen molar-refractivity contribution in [3.8, 4) is 0 Å². The normalized spacial score (nSPS) is 11.4. The van der Waals surface area contributed by atoms with Gasteiger partial charge in [0.1, 0.15) is 0 Å². The molecule has 0 bridgehead atoms. The van der Waals surface area contributed by atoms with E-state index < -0.39 is 0 Å². The van der Waals surface area contributed by atoms with Crippen molar-refractivity contribution in [3.05, 3.63) is 62.7 Å². The van der Waals surface area contributed by atoms with E-state index in [1.165, 1.54) is 25.9 Å². The van der Waals surface area contributed by atoms with Crippen molar-refractivity contribution in [1.29, 1.82) is 0 Å². The molecule has 0 fully saturated rings. The zero-order chi connectivity index (χ0) is 14.8. The van der Waals surface area contributed by atoms with Gasteiger partial charge in [-0.2, -0.15) is 0 Å². The molecule has 0 amide bonds. The van der Waals surface area contributed by atoms with Crippen LogP contribution in [-0.4, -0.2) is 0 Å². The van der Waals surface area contributed by atoms with Crippen LogP contribution in [-0.2, 0) is 12.0 Å². The molecule has 20 heavy (non-hydrogen) atoms. The average Bonchev–Trinajstić information content (AvgIpc) is 2.37. The predicted octanol–water partition coefficient (Wildman–Crippen LogP) is 5.51.